The third kappa shape index (κ3) is 5.52. The minimum atomic E-state index is -3.34. The predicted octanol–water partition coefficient (Wildman–Crippen LogP) is 3.79. The largest absolute Gasteiger partial charge is 0.493 e. The summed E-state index contributed by atoms with van der Waals surface area (Å²) in [6.07, 6.45) is 1.18. The van der Waals surface area contributed by atoms with E-state index >= 15 is 0 Å². The van der Waals surface area contributed by atoms with E-state index in [4.69, 9.17) is 9.47 Å². The number of ether oxygens (including phenoxy) is 2. The lowest BCUT2D eigenvalue weighted by molar-refractivity contribution is 0.311. The number of rotatable bonds is 8. The summed E-state index contributed by atoms with van der Waals surface area (Å²) in [5.41, 5.74) is 2.28. The number of methoxy groups -OCH3 is 1. The Kier molecular flexibility index (Phi) is 6.69. The smallest absolute Gasteiger partial charge is 0.170 e. The molecule has 0 aliphatic carbocycles. The van der Waals surface area contributed by atoms with Crippen molar-refractivity contribution in [3.05, 3.63) is 65.1 Å². The molecule has 2 aromatic rings. The number of benzene rings is 2. The first-order valence-electron chi connectivity index (χ1n) is 8.38. The van der Waals surface area contributed by atoms with Crippen molar-refractivity contribution in [1.82, 2.24) is 5.32 Å². The van der Waals surface area contributed by atoms with Crippen LogP contribution in [0.3, 0.4) is 0 Å². The lowest BCUT2D eigenvalue weighted by Crippen LogP contribution is -2.18. The molecule has 0 bridgehead atoms. The van der Waals surface area contributed by atoms with E-state index in [0.29, 0.717) is 29.4 Å². The van der Waals surface area contributed by atoms with Crippen LogP contribution in [0.1, 0.15) is 31.0 Å². The van der Waals surface area contributed by atoms with Gasteiger partial charge in [0.15, 0.2) is 21.3 Å². The van der Waals surface area contributed by atoms with E-state index in [-0.39, 0.29) is 6.04 Å². The van der Waals surface area contributed by atoms with Crippen LogP contribution in [0, 0.1) is 0 Å². The van der Waals surface area contributed by atoms with Crippen LogP contribution in [-0.4, -0.2) is 28.4 Å². The van der Waals surface area contributed by atoms with Crippen molar-refractivity contribution in [1.29, 1.82) is 0 Å². The maximum absolute atomic E-state index is 11.9. The highest BCUT2D eigenvalue weighted by Crippen LogP contribution is 2.31. The van der Waals surface area contributed by atoms with Crippen molar-refractivity contribution in [2.75, 3.05) is 20.0 Å². The maximum Gasteiger partial charge on any atom is 0.170 e. The first-order valence-corrected chi connectivity index (χ1v) is 10.3. The Labute approximate surface area is 155 Å². The second kappa shape index (κ2) is 8.76. The van der Waals surface area contributed by atoms with Gasteiger partial charge >= 0.3 is 0 Å². The minimum Gasteiger partial charge on any atom is -0.493 e. The van der Waals surface area contributed by atoms with Gasteiger partial charge < -0.3 is 14.8 Å². The molecule has 1 N–H and O–H groups in total. The van der Waals surface area contributed by atoms with Gasteiger partial charge in [-0.2, -0.15) is 0 Å². The summed E-state index contributed by atoms with van der Waals surface area (Å²) >= 11 is 0. The second-order valence-electron chi connectivity index (χ2n) is 5.94. The molecular formula is C20H25NO4S. The minimum absolute atomic E-state index is 0.0677. The van der Waals surface area contributed by atoms with Crippen LogP contribution in [0.15, 0.2) is 53.9 Å². The Morgan fingerprint density at radius 1 is 1.15 bits per heavy atom. The van der Waals surface area contributed by atoms with Gasteiger partial charge in [0.1, 0.15) is 0 Å². The maximum atomic E-state index is 11.9. The third-order valence-corrected chi connectivity index (χ3v) is 4.44. The Hall–Kier alpha value is -2.47. The molecule has 0 aliphatic rings. The fourth-order valence-electron chi connectivity index (χ4n) is 2.57. The Morgan fingerprint density at radius 3 is 2.42 bits per heavy atom. The van der Waals surface area contributed by atoms with E-state index in [1.54, 1.807) is 19.2 Å². The van der Waals surface area contributed by atoms with Crippen molar-refractivity contribution in [2.24, 2.45) is 0 Å². The highest BCUT2D eigenvalue weighted by molar-refractivity contribution is 7.93. The molecule has 6 heteroatoms. The van der Waals surface area contributed by atoms with Gasteiger partial charge in [0.2, 0.25) is 0 Å². The number of hydrogen-bond donors (Lipinski definition) is 1. The van der Waals surface area contributed by atoms with E-state index in [1.807, 2.05) is 50.2 Å². The van der Waals surface area contributed by atoms with Crippen LogP contribution < -0.4 is 14.8 Å². The molecule has 2 aromatic carbocycles. The summed E-state index contributed by atoms with van der Waals surface area (Å²) in [7, 11) is -1.77. The highest BCUT2D eigenvalue weighted by atomic mass is 32.2. The van der Waals surface area contributed by atoms with Crippen LogP contribution in [0.4, 0.5) is 0 Å². The van der Waals surface area contributed by atoms with Crippen LogP contribution in [0.2, 0.25) is 0 Å². The summed E-state index contributed by atoms with van der Waals surface area (Å²) in [4.78, 5) is 0. The van der Waals surface area contributed by atoms with Gasteiger partial charge in [0, 0.05) is 17.9 Å². The molecule has 0 fully saturated rings. The van der Waals surface area contributed by atoms with Crippen LogP contribution >= 0.6 is 0 Å². The Morgan fingerprint density at radius 2 is 1.85 bits per heavy atom. The molecule has 0 spiro atoms. The van der Waals surface area contributed by atoms with Crippen molar-refractivity contribution < 1.29 is 17.9 Å². The monoisotopic (exact) mass is 375 g/mol. The summed E-state index contributed by atoms with van der Waals surface area (Å²) < 4.78 is 34.7. The van der Waals surface area contributed by atoms with Gasteiger partial charge in [0.05, 0.1) is 24.8 Å². The molecule has 0 amide bonds. The molecule has 5 nitrogen and oxygen atoms in total. The highest BCUT2D eigenvalue weighted by Gasteiger charge is 2.14. The Bertz CT molecular complexity index is 861. The van der Waals surface area contributed by atoms with Gasteiger partial charge in [0.25, 0.3) is 0 Å². The molecule has 26 heavy (non-hydrogen) atoms. The first-order chi connectivity index (χ1) is 12.3. The van der Waals surface area contributed by atoms with Gasteiger partial charge in [-0.05, 0) is 37.6 Å². The fourth-order valence-corrected chi connectivity index (χ4v) is 3.20. The van der Waals surface area contributed by atoms with Crippen molar-refractivity contribution in [3.8, 4) is 11.5 Å². The van der Waals surface area contributed by atoms with E-state index in [2.05, 4.69) is 5.32 Å². The molecule has 0 saturated carbocycles. The van der Waals surface area contributed by atoms with E-state index in [1.165, 1.54) is 11.7 Å². The van der Waals surface area contributed by atoms with Gasteiger partial charge in [-0.25, -0.2) is 8.42 Å². The number of nitrogens with one attached hydrogen (secondary N) is 1. The lowest BCUT2D eigenvalue weighted by Gasteiger charge is -2.20. The van der Waals surface area contributed by atoms with Gasteiger partial charge in [-0.1, -0.05) is 30.3 Å². The quantitative estimate of drug-likeness (QED) is 0.760. The summed E-state index contributed by atoms with van der Waals surface area (Å²) in [6, 6.07) is 15.1. The molecule has 0 radical (unpaired) electrons. The molecule has 0 aliphatic heterocycles. The fraction of sp³-hybridized carbons (Fsp3) is 0.300. The summed E-state index contributed by atoms with van der Waals surface area (Å²) in [5, 5.41) is 4.54. The molecule has 2 rings (SSSR count). The van der Waals surface area contributed by atoms with Crippen LogP contribution in [0.25, 0.3) is 5.70 Å². The van der Waals surface area contributed by atoms with E-state index in [0.717, 1.165) is 5.56 Å². The SMILES string of the molecule is CCOc1cc(C(=CS(C)(=O)=O)N[C@@H](C)c2ccccc2)ccc1OC. The van der Waals surface area contributed by atoms with Gasteiger partial charge in [-0.15, -0.1) is 0 Å². The summed E-state index contributed by atoms with van der Waals surface area (Å²) in [6.45, 7) is 4.35. The third-order valence-electron chi connectivity index (χ3n) is 3.78. The topological polar surface area (TPSA) is 64.6 Å². The molecule has 0 saturated heterocycles. The van der Waals surface area contributed by atoms with E-state index < -0.39 is 9.84 Å². The standard InChI is InChI=1S/C20H25NO4S/c1-5-25-20-13-17(11-12-19(20)24-3)18(14-26(4,22)23)21-15(2)16-9-7-6-8-10-16/h6-15,21H,5H2,1-4H3/t15-/m0/s1. The van der Waals surface area contributed by atoms with Crippen LogP contribution in [-0.2, 0) is 9.84 Å². The normalized spacial score (nSPS) is 13.2. The molecule has 1 atom stereocenters. The number of sulfone groups is 1. The zero-order valence-corrected chi connectivity index (χ0v) is 16.3. The first kappa shape index (κ1) is 19.8. The molecule has 0 aromatic heterocycles. The van der Waals surface area contributed by atoms with Crippen molar-refractivity contribution in [2.45, 2.75) is 19.9 Å². The Balaban J connectivity index is 2.43. The van der Waals surface area contributed by atoms with Crippen LogP contribution in [0.5, 0.6) is 11.5 Å². The molecule has 0 unspecified atom stereocenters. The van der Waals surface area contributed by atoms with Crippen molar-refractivity contribution in [3.63, 3.8) is 0 Å². The van der Waals surface area contributed by atoms with Gasteiger partial charge in [-0.3, -0.25) is 0 Å². The average molecular weight is 375 g/mol. The zero-order chi connectivity index (χ0) is 19.2. The average Bonchev–Trinajstić information content (AvgIpc) is 2.61. The zero-order valence-electron chi connectivity index (χ0n) is 15.5. The number of hydrogen-bond acceptors (Lipinski definition) is 5. The summed E-state index contributed by atoms with van der Waals surface area (Å²) in [5.74, 6) is 1.17. The molecular weight excluding hydrogens is 350 g/mol. The van der Waals surface area contributed by atoms with Crippen molar-refractivity contribution >= 4 is 15.5 Å². The molecule has 0 heterocycles. The predicted molar refractivity (Wildman–Crippen MR) is 105 cm³/mol. The lowest BCUT2D eigenvalue weighted by atomic mass is 10.1. The molecule has 140 valence electrons. The van der Waals surface area contributed by atoms with E-state index in [9.17, 15) is 8.42 Å². The second-order valence-corrected chi connectivity index (χ2v) is 7.83.